The van der Waals surface area contributed by atoms with E-state index in [2.05, 4.69) is 24.1 Å². The number of nitriles is 1. The fourth-order valence-electron chi connectivity index (χ4n) is 1.71. The Labute approximate surface area is 102 Å². The van der Waals surface area contributed by atoms with Gasteiger partial charge in [-0.05, 0) is 31.5 Å². The largest absolute Gasteiger partial charge is 0.372 e. The van der Waals surface area contributed by atoms with Crippen LogP contribution in [0.2, 0.25) is 0 Å². The van der Waals surface area contributed by atoms with E-state index < -0.39 is 0 Å². The van der Waals surface area contributed by atoms with Crippen LogP contribution in [0.1, 0.15) is 19.4 Å². The molecule has 0 radical (unpaired) electrons. The van der Waals surface area contributed by atoms with E-state index >= 15 is 0 Å². The van der Waals surface area contributed by atoms with Gasteiger partial charge in [0.25, 0.3) is 0 Å². The second kappa shape index (κ2) is 6.54. The van der Waals surface area contributed by atoms with E-state index in [1.165, 1.54) is 0 Å². The molecule has 17 heavy (non-hydrogen) atoms. The van der Waals surface area contributed by atoms with Crippen molar-refractivity contribution >= 4 is 11.6 Å². The number of anilines is 1. The first-order valence-corrected chi connectivity index (χ1v) is 5.73. The smallest absolute Gasteiger partial charge is 0.237 e. The molecule has 0 fully saturated rings. The van der Waals surface area contributed by atoms with E-state index in [-0.39, 0.29) is 12.3 Å². The molecule has 0 heterocycles. The normalized spacial score (nSPS) is 9.47. The Morgan fingerprint density at radius 1 is 1.29 bits per heavy atom. The highest BCUT2D eigenvalue weighted by atomic mass is 16.1. The Kier molecular flexibility index (Phi) is 5.02. The lowest BCUT2D eigenvalue weighted by atomic mass is 10.1. The number of hydrogen-bond acceptors (Lipinski definition) is 3. The first-order chi connectivity index (χ1) is 8.21. The lowest BCUT2D eigenvalue weighted by Gasteiger charge is -2.21. The van der Waals surface area contributed by atoms with Crippen molar-refractivity contribution in [3.05, 3.63) is 29.8 Å². The molecular formula is C13H17N3O. The zero-order valence-corrected chi connectivity index (χ0v) is 10.2. The molecule has 0 aliphatic heterocycles. The third-order valence-electron chi connectivity index (χ3n) is 2.62. The Balaban J connectivity index is 2.68. The van der Waals surface area contributed by atoms with E-state index in [1.54, 1.807) is 6.19 Å². The number of nitrogens with one attached hydrogen (secondary N) is 1. The van der Waals surface area contributed by atoms with Crippen LogP contribution < -0.4 is 10.2 Å². The van der Waals surface area contributed by atoms with Gasteiger partial charge in [-0.3, -0.25) is 10.1 Å². The summed E-state index contributed by atoms with van der Waals surface area (Å²) < 4.78 is 0. The second-order valence-corrected chi connectivity index (χ2v) is 3.68. The molecule has 0 unspecified atom stereocenters. The summed E-state index contributed by atoms with van der Waals surface area (Å²) in [6.07, 6.45) is 1.87. The van der Waals surface area contributed by atoms with Crippen LogP contribution >= 0.6 is 0 Å². The summed E-state index contributed by atoms with van der Waals surface area (Å²) in [6.45, 7) is 6.14. The van der Waals surface area contributed by atoms with Crippen LogP contribution in [0.25, 0.3) is 0 Å². The maximum Gasteiger partial charge on any atom is 0.237 e. The molecule has 1 N–H and O–H groups in total. The molecule has 0 aliphatic rings. The van der Waals surface area contributed by atoms with Crippen molar-refractivity contribution in [1.82, 2.24) is 5.32 Å². The van der Waals surface area contributed by atoms with Gasteiger partial charge in [0, 0.05) is 18.8 Å². The Morgan fingerprint density at radius 3 is 2.35 bits per heavy atom. The number of rotatable bonds is 5. The van der Waals surface area contributed by atoms with Crippen LogP contribution in [-0.4, -0.2) is 19.0 Å². The topological polar surface area (TPSA) is 56.1 Å². The van der Waals surface area contributed by atoms with Crippen molar-refractivity contribution in [2.45, 2.75) is 20.3 Å². The summed E-state index contributed by atoms with van der Waals surface area (Å²) in [5, 5.41) is 10.4. The van der Waals surface area contributed by atoms with E-state index in [4.69, 9.17) is 5.26 Å². The predicted octanol–water partition coefficient (Wildman–Crippen LogP) is 1.67. The molecule has 4 heteroatoms. The molecular weight excluding hydrogens is 214 g/mol. The van der Waals surface area contributed by atoms with Gasteiger partial charge in [0.05, 0.1) is 6.42 Å². The van der Waals surface area contributed by atoms with E-state index in [9.17, 15) is 4.79 Å². The maximum atomic E-state index is 11.2. The molecule has 0 saturated carbocycles. The SMILES string of the molecule is CCN(CC)c1ccc(CC(=O)NC#N)cc1. The molecule has 1 aromatic carbocycles. The van der Waals surface area contributed by atoms with Gasteiger partial charge in [-0.25, -0.2) is 0 Å². The number of nitrogens with zero attached hydrogens (tertiary/aromatic N) is 2. The molecule has 0 spiro atoms. The monoisotopic (exact) mass is 231 g/mol. The van der Waals surface area contributed by atoms with Crippen LogP contribution in [0.15, 0.2) is 24.3 Å². The Bertz CT molecular complexity index is 402. The minimum absolute atomic E-state index is 0.242. The zero-order valence-electron chi connectivity index (χ0n) is 10.2. The average Bonchev–Trinajstić information content (AvgIpc) is 2.33. The quantitative estimate of drug-likeness (QED) is 0.619. The fraction of sp³-hybridized carbons (Fsp3) is 0.385. The number of hydrogen-bond donors (Lipinski definition) is 1. The lowest BCUT2D eigenvalue weighted by Crippen LogP contribution is -2.22. The second-order valence-electron chi connectivity index (χ2n) is 3.68. The summed E-state index contributed by atoms with van der Waals surface area (Å²) in [5.41, 5.74) is 2.06. The van der Waals surface area contributed by atoms with Gasteiger partial charge < -0.3 is 4.90 Å². The molecule has 0 atom stereocenters. The Morgan fingerprint density at radius 2 is 1.88 bits per heavy atom. The molecule has 0 bridgehead atoms. The molecule has 4 nitrogen and oxygen atoms in total. The van der Waals surface area contributed by atoms with Crippen LogP contribution in [0.5, 0.6) is 0 Å². The molecule has 1 rings (SSSR count). The summed E-state index contributed by atoms with van der Waals surface area (Å²) in [4.78, 5) is 13.4. The first-order valence-electron chi connectivity index (χ1n) is 5.73. The Hall–Kier alpha value is -2.02. The minimum Gasteiger partial charge on any atom is -0.372 e. The predicted molar refractivity (Wildman–Crippen MR) is 67.5 cm³/mol. The van der Waals surface area contributed by atoms with Crippen molar-refractivity contribution in [2.24, 2.45) is 0 Å². The standard InChI is InChI=1S/C13H17N3O/c1-3-16(4-2)12-7-5-11(6-8-12)9-13(17)15-10-14/h5-8H,3-4,9H2,1-2H3,(H,15,17). The highest BCUT2D eigenvalue weighted by molar-refractivity contribution is 5.79. The highest BCUT2D eigenvalue weighted by Gasteiger charge is 2.04. The maximum absolute atomic E-state index is 11.2. The van der Waals surface area contributed by atoms with E-state index in [0.717, 1.165) is 24.3 Å². The van der Waals surface area contributed by atoms with Gasteiger partial charge in [0.2, 0.25) is 5.91 Å². The van der Waals surface area contributed by atoms with Crippen LogP contribution in [-0.2, 0) is 11.2 Å². The number of amides is 1. The third-order valence-corrected chi connectivity index (χ3v) is 2.62. The molecule has 90 valence electrons. The minimum atomic E-state index is -0.275. The summed E-state index contributed by atoms with van der Waals surface area (Å²) in [7, 11) is 0. The van der Waals surface area contributed by atoms with Crippen molar-refractivity contribution in [1.29, 1.82) is 5.26 Å². The summed E-state index contributed by atoms with van der Waals surface area (Å²) >= 11 is 0. The number of carbonyl (C=O) groups is 1. The van der Waals surface area contributed by atoms with Gasteiger partial charge in [-0.15, -0.1) is 0 Å². The van der Waals surface area contributed by atoms with Gasteiger partial charge in [0.15, 0.2) is 6.19 Å². The van der Waals surface area contributed by atoms with E-state index in [1.807, 2.05) is 24.3 Å². The van der Waals surface area contributed by atoms with Gasteiger partial charge >= 0.3 is 0 Å². The summed E-state index contributed by atoms with van der Waals surface area (Å²) in [6, 6.07) is 7.85. The highest BCUT2D eigenvalue weighted by Crippen LogP contribution is 2.15. The van der Waals surface area contributed by atoms with Crippen LogP contribution in [0, 0.1) is 11.5 Å². The lowest BCUT2D eigenvalue weighted by molar-refractivity contribution is -0.119. The molecule has 1 amide bonds. The van der Waals surface area contributed by atoms with Crippen LogP contribution in [0.3, 0.4) is 0 Å². The van der Waals surface area contributed by atoms with Crippen molar-refractivity contribution < 1.29 is 4.79 Å². The number of benzene rings is 1. The zero-order chi connectivity index (χ0) is 12.7. The average molecular weight is 231 g/mol. The van der Waals surface area contributed by atoms with Gasteiger partial charge in [-0.2, -0.15) is 5.26 Å². The molecule has 0 aromatic heterocycles. The van der Waals surface area contributed by atoms with Gasteiger partial charge in [-0.1, -0.05) is 12.1 Å². The summed E-state index contributed by atoms with van der Waals surface area (Å²) in [5.74, 6) is -0.275. The fourth-order valence-corrected chi connectivity index (χ4v) is 1.71. The molecule has 1 aromatic rings. The molecule has 0 aliphatic carbocycles. The molecule has 0 saturated heterocycles. The third kappa shape index (κ3) is 3.80. The van der Waals surface area contributed by atoms with Crippen molar-refractivity contribution in [2.75, 3.05) is 18.0 Å². The van der Waals surface area contributed by atoms with E-state index in [0.29, 0.717) is 0 Å². The van der Waals surface area contributed by atoms with Gasteiger partial charge in [0.1, 0.15) is 0 Å². The first kappa shape index (κ1) is 13.0. The van der Waals surface area contributed by atoms with Crippen molar-refractivity contribution in [3.8, 4) is 6.19 Å². The van der Waals surface area contributed by atoms with Crippen LogP contribution in [0.4, 0.5) is 5.69 Å². The van der Waals surface area contributed by atoms with Crippen molar-refractivity contribution in [3.63, 3.8) is 0 Å². The number of carbonyl (C=O) groups excluding carboxylic acids is 1.